The fourth-order valence-corrected chi connectivity index (χ4v) is 9.35. The second kappa shape index (κ2) is 9.83. The van der Waals surface area contributed by atoms with Gasteiger partial charge in [-0.1, -0.05) is 59.6 Å². The van der Waals surface area contributed by atoms with Crippen molar-refractivity contribution in [1.29, 1.82) is 0 Å². The van der Waals surface area contributed by atoms with E-state index in [0.29, 0.717) is 12.1 Å². The molecule has 0 radical (unpaired) electrons. The van der Waals surface area contributed by atoms with Gasteiger partial charge in [0.1, 0.15) is 37.4 Å². The monoisotopic (exact) mass is 607 g/mol. The molecule has 210 valence electrons. The standard InChI is InChI=1S/C29H28N5O4S3/c1-16-22(25(29(37)38)34-24(16)23(17(2)35)26(34)36)20-12-33-15-32(27(39-3)28(33)41-20)11-19-6-4-5-18(9-19)10-30-13-21-31(14-30)7-8-40-21/h4-9,12-17,23-24,35H,10-11H2,1-3H3/q+1/p+1/t16-,17+,23+,24+/m0/s1. The quantitative estimate of drug-likeness (QED) is 0.160. The van der Waals surface area contributed by atoms with Crippen molar-refractivity contribution in [2.45, 2.75) is 44.1 Å². The van der Waals surface area contributed by atoms with Gasteiger partial charge in [-0.15, -0.1) is 0 Å². The van der Waals surface area contributed by atoms with Crippen LogP contribution in [0.15, 0.2) is 71.6 Å². The van der Waals surface area contributed by atoms with Crippen molar-refractivity contribution in [1.82, 2.24) is 13.7 Å². The third kappa shape index (κ3) is 4.15. The number of carbonyl (C=O) groups excluding carboxylic acids is 1. The number of amides is 1. The number of hydrogen-bond donors (Lipinski definition) is 2. The molecular formula is C29H29N5O4S3+2. The summed E-state index contributed by atoms with van der Waals surface area (Å²) in [6.45, 7) is 5.06. The second-order valence-corrected chi connectivity index (χ2v) is 13.5. The number of nitrogens with zero attached hydrogens (tertiary/aromatic N) is 5. The number of benzene rings is 1. The minimum atomic E-state index is -1.11. The summed E-state index contributed by atoms with van der Waals surface area (Å²) in [5, 5.41) is 23.4. The van der Waals surface area contributed by atoms with Crippen molar-refractivity contribution < 1.29 is 28.9 Å². The molecule has 2 aliphatic rings. The number of carboxylic acid groups (broad SMARTS) is 1. The predicted octanol–water partition coefficient (Wildman–Crippen LogP) is 3.36. The van der Waals surface area contributed by atoms with Gasteiger partial charge < -0.3 is 15.1 Å². The number of fused-ring (bicyclic) bond motifs is 3. The molecule has 2 aliphatic heterocycles. The van der Waals surface area contributed by atoms with Crippen LogP contribution in [-0.4, -0.2) is 54.2 Å². The highest BCUT2D eigenvalue weighted by Crippen LogP contribution is 2.51. The van der Waals surface area contributed by atoms with Crippen LogP contribution in [0.4, 0.5) is 0 Å². The summed E-state index contributed by atoms with van der Waals surface area (Å²) in [5.74, 6) is -2.19. The Kier molecular flexibility index (Phi) is 6.34. The zero-order valence-corrected chi connectivity index (χ0v) is 25.1. The number of rotatable bonds is 8. The molecule has 1 amide bonds. The van der Waals surface area contributed by atoms with Gasteiger partial charge in [-0.3, -0.25) is 4.79 Å². The van der Waals surface area contributed by atoms with E-state index in [1.165, 1.54) is 20.9 Å². The van der Waals surface area contributed by atoms with Crippen LogP contribution in [0.2, 0.25) is 0 Å². The lowest BCUT2D eigenvalue weighted by Crippen LogP contribution is -2.63. The largest absolute Gasteiger partial charge is 0.477 e. The zero-order chi connectivity index (χ0) is 28.6. The van der Waals surface area contributed by atoms with E-state index in [4.69, 9.17) is 0 Å². The molecular weight excluding hydrogens is 579 g/mol. The maximum absolute atomic E-state index is 12.8. The Morgan fingerprint density at radius 2 is 1.98 bits per heavy atom. The Balaban J connectivity index is 1.18. The smallest absolute Gasteiger partial charge is 0.352 e. The second-order valence-electron chi connectivity index (χ2n) is 10.8. The minimum absolute atomic E-state index is 0.0465. The molecule has 0 bridgehead atoms. The van der Waals surface area contributed by atoms with Gasteiger partial charge in [0.25, 0.3) is 6.33 Å². The number of β-lactam (4-membered cyclic amide) rings is 1. The van der Waals surface area contributed by atoms with Gasteiger partial charge in [0.15, 0.2) is 0 Å². The molecule has 1 fully saturated rings. The fraction of sp³-hybridized carbons (Fsp3) is 0.310. The lowest BCUT2D eigenvalue weighted by molar-refractivity contribution is -0.721. The Morgan fingerprint density at radius 3 is 2.68 bits per heavy atom. The molecule has 12 heteroatoms. The van der Waals surface area contributed by atoms with Crippen LogP contribution >= 0.6 is 34.4 Å². The summed E-state index contributed by atoms with van der Waals surface area (Å²) in [7, 11) is 0. The topological polar surface area (TPSA) is 94.4 Å². The minimum Gasteiger partial charge on any atom is -0.477 e. The van der Waals surface area contributed by atoms with Crippen LogP contribution in [0.1, 0.15) is 29.9 Å². The summed E-state index contributed by atoms with van der Waals surface area (Å²) in [5.41, 5.74) is 3.15. The van der Waals surface area contributed by atoms with Gasteiger partial charge in [-0.05, 0) is 30.4 Å². The number of aliphatic carboxylic acids is 1. The third-order valence-corrected chi connectivity index (χ3v) is 11.1. The van der Waals surface area contributed by atoms with E-state index < -0.39 is 18.0 Å². The normalized spacial score (nSPS) is 21.2. The Hall–Kier alpha value is -3.45. The van der Waals surface area contributed by atoms with E-state index in [1.54, 1.807) is 41.4 Å². The van der Waals surface area contributed by atoms with E-state index in [1.807, 2.05) is 13.1 Å². The van der Waals surface area contributed by atoms with Crippen LogP contribution in [0.5, 0.6) is 0 Å². The Labute approximate surface area is 248 Å². The van der Waals surface area contributed by atoms with Crippen molar-refractivity contribution in [3.63, 3.8) is 0 Å². The average Bonchev–Trinajstić information content (AvgIpc) is 3.70. The van der Waals surface area contributed by atoms with Crippen LogP contribution in [-0.2, 0) is 22.7 Å². The van der Waals surface area contributed by atoms with E-state index in [9.17, 15) is 19.8 Å². The summed E-state index contributed by atoms with van der Waals surface area (Å²) in [6.07, 6.45) is 11.6. The van der Waals surface area contributed by atoms with E-state index in [-0.39, 0.29) is 23.6 Å². The molecule has 4 aromatic heterocycles. The lowest BCUT2D eigenvalue weighted by Gasteiger charge is -2.46. The number of hydrogen-bond acceptors (Lipinski definition) is 6. The number of aromatic nitrogens is 4. The van der Waals surface area contributed by atoms with Gasteiger partial charge in [-0.25, -0.2) is 13.9 Å². The summed E-state index contributed by atoms with van der Waals surface area (Å²) in [6, 6.07) is 8.32. The molecule has 2 N–H and O–H groups in total. The summed E-state index contributed by atoms with van der Waals surface area (Å²) >= 11 is 4.93. The van der Waals surface area contributed by atoms with Crippen LogP contribution in [0.25, 0.3) is 15.2 Å². The molecule has 41 heavy (non-hydrogen) atoms. The Bertz CT molecular complexity index is 1850. The highest BCUT2D eigenvalue weighted by molar-refractivity contribution is 7.98. The van der Waals surface area contributed by atoms with Gasteiger partial charge in [0.2, 0.25) is 26.9 Å². The maximum atomic E-state index is 12.8. The van der Waals surface area contributed by atoms with Gasteiger partial charge >= 0.3 is 5.97 Å². The van der Waals surface area contributed by atoms with Crippen molar-refractivity contribution in [3.8, 4) is 0 Å². The van der Waals surface area contributed by atoms with E-state index >= 15 is 0 Å². The third-order valence-electron chi connectivity index (χ3n) is 8.16. The first-order valence-electron chi connectivity index (χ1n) is 13.3. The van der Waals surface area contributed by atoms with Gasteiger partial charge in [0, 0.05) is 16.9 Å². The highest BCUT2D eigenvalue weighted by Gasteiger charge is 2.60. The number of thiazole rings is 2. The molecule has 7 rings (SSSR count). The molecule has 9 nitrogen and oxygen atoms in total. The molecule has 4 atom stereocenters. The number of aliphatic hydroxyl groups is 1. The van der Waals surface area contributed by atoms with Crippen molar-refractivity contribution >= 4 is 61.5 Å². The van der Waals surface area contributed by atoms with Gasteiger partial charge in [0.05, 0.1) is 22.9 Å². The molecule has 5 aromatic rings. The molecule has 0 aliphatic carbocycles. The Morgan fingerprint density at radius 1 is 1.20 bits per heavy atom. The first kappa shape index (κ1) is 26.4. The van der Waals surface area contributed by atoms with Crippen LogP contribution < -0.4 is 9.13 Å². The highest BCUT2D eigenvalue weighted by atomic mass is 32.2. The average molecular weight is 608 g/mol. The number of thioether (sulfide) groups is 1. The number of imidazole rings is 2. The molecule has 1 saturated heterocycles. The first-order chi connectivity index (χ1) is 19.7. The summed E-state index contributed by atoms with van der Waals surface area (Å²) in [4.78, 5) is 29.6. The van der Waals surface area contributed by atoms with Gasteiger partial charge in [-0.2, -0.15) is 8.80 Å². The van der Waals surface area contributed by atoms with E-state index in [2.05, 4.69) is 78.9 Å². The maximum Gasteiger partial charge on any atom is 0.352 e. The van der Waals surface area contributed by atoms with Crippen molar-refractivity contribution in [2.24, 2.45) is 11.8 Å². The van der Waals surface area contributed by atoms with Crippen LogP contribution in [0, 0.1) is 11.8 Å². The van der Waals surface area contributed by atoms with Crippen molar-refractivity contribution in [3.05, 3.63) is 82.6 Å². The predicted molar refractivity (Wildman–Crippen MR) is 157 cm³/mol. The molecule has 1 aromatic carbocycles. The molecule has 0 saturated carbocycles. The summed E-state index contributed by atoms with van der Waals surface area (Å²) < 4.78 is 8.61. The molecule has 0 spiro atoms. The van der Waals surface area contributed by atoms with E-state index in [0.717, 1.165) is 21.3 Å². The van der Waals surface area contributed by atoms with Crippen LogP contribution in [0.3, 0.4) is 0 Å². The number of carboxylic acids is 1. The first-order valence-corrected chi connectivity index (χ1v) is 16.3. The van der Waals surface area contributed by atoms with Crippen molar-refractivity contribution in [2.75, 3.05) is 6.26 Å². The lowest BCUT2D eigenvalue weighted by atomic mass is 9.77. The fourth-order valence-electron chi connectivity index (χ4n) is 6.42. The SMILES string of the molecule is CSc1c2sc(C3=C(C(=O)O)N4C(=O)[C@H]([C@@H](C)O)[C@H]4[C@H]3C)cn2c[n+]1Cc1cccc(C[n+]2cc3sccn3c2)c1. The number of carbonyl (C=O) groups is 2. The molecule has 6 heterocycles. The molecule has 0 unspecified atom stereocenters. The number of aliphatic hydroxyl groups excluding tert-OH is 1. The zero-order valence-electron chi connectivity index (χ0n) is 22.7.